The molecule has 1 aromatic heterocycles. The molecule has 2 nitrogen and oxygen atoms in total. The third-order valence-corrected chi connectivity index (χ3v) is 2.85. The van der Waals surface area contributed by atoms with E-state index in [0.29, 0.717) is 11.3 Å². The van der Waals surface area contributed by atoms with Gasteiger partial charge in [-0.2, -0.15) is 0 Å². The molecule has 0 aliphatic heterocycles. The molecule has 0 fully saturated rings. The first-order valence-electron chi connectivity index (χ1n) is 6.45. The van der Waals surface area contributed by atoms with E-state index in [2.05, 4.69) is 24.9 Å². The Morgan fingerprint density at radius 3 is 2.42 bits per heavy atom. The number of benzene rings is 1. The summed E-state index contributed by atoms with van der Waals surface area (Å²) in [5, 5.41) is 0. The van der Waals surface area contributed by atoms with Crippen LogP contribution in [0.4, 0.5) is 10.1 Å². The van der Waals surface area contributed by atoms with Crippen molar-refractivity contribution in [3.63, 3.8) is 0 Å². The van der Waals surface area contributed by atoms with Crippen molar-refractivity contribution in [1.29, 1.82) is 0 Å². The molecule has 102 valence electrons. The molecule has 0 atom stereocenters. The molecule has 2 rings (SSSR count). The third-order valence-electron chi connectivity index (χ3n) is 2.85. The fourth-order valence-corrected chi connectivity index (χ4v) is 1.66. The Hall–Kier alpha value is -1.90. The number of nitrogen functional groups attached to an aromatic ring is 1. The van der Waals surface area contributed by atoms with Crippen LogP contribution >= 0.6 is 0 Å². The van der Waals surface area contributed by atoms with E-state index in [1.807, 2.05) is 12.4 Å². The van der Waals surface area contributed by atoms with Crippen LogP contribution in [0.5, 0.6) is 0 Å². The van der Waals surface area contributed by atoms with Gasteiger partial charge in [-0.1, -0.05) is 19.4 Å². The molecule has 0 radical (unpaired) electrons. The smallest absolute Gasteiger partial charge is 0.128 e. The van der Waals surface area contributed by atoms with E-state index in [1.165, 1.54) is 30.0 Å². The normalized spacial score (nSPS) is 9.68. The average molecular weight is 260 g/mol. The molecule has 2 N–H and O–H groups in total. The topological polar surface area (TPSA) is 38.9 Å². The number of aryl methyl sites for hydroxylation is 3. The van der Waals surface area contributed by atoms with Gasteiger partial charge in [0, 0.05) is 18.1 Å². The van der Waals surface area contributed by atoms with Crippen molar-refractivity contribution >= 4 is 5.69 Å². The summed E-state index contributed by atoms with van der Waals surface area (Å²) < 4.78 is 12.5. The molecule has 0 bridgehead atoms. The van der Waals surface area contributed by atoms with Crippen molar-refractivity contribution in [2.75, 3.05) is 5.73 Å². The molecule has 0 saturated heterocycles. The van der Waals surface area contributed by atoms with E-state index in [0.717, 1.165) is 0 Å². The van der Waals surface area contributed by atoms with Crippen LogP contribution in [0.3, 0.4) is 0 Å². The fourth-order valence-electron chi connectivity index (χ4n) is 1.66. The monoisotopic (exact) mass is 260 g/mol. The number of hydrogen-bond donors (Lipinski definition) is 1. The van der Waals surface area contributed by atoms with Crippen molar-refractivity contribution in [2.24, 2.45) is 0 Å². The van der Waals surface area contributed by atoms with E-state index >= 15 is 0 Å². The van der Waals surface area contributed by atoms with Gasteiger partial charge in [0.25, 0.3) is 0 Å². The molecule has 1 aromatic carbocycles. The highest BCUT2D eigenvalue weighted by Gasteiger charge is 1.94. The van der Waals surface area contributed by atoms with Crippen LogP contribution in [0.2, 0.25) is 0 Å². The predicted molar refractivity (Wildman–Crippen MR) is 78.5 cm³/mol. The minimum absolute atomic E-state index is 0.241. The maximum absolute atomic E-state index is 12.5. The quantitative estimate of drug-likeness (QED) is 0.827. The molecule has 0 aliphatic carbocycles. The standard InChI is InChI=1S/C9H13N.C7H8FN/c1-3-4-9-5-6-10-7-8(9)2;1-5-2-3-6(9)4-7(5)8/h5-7H,3-4H2,1-2H3;2-4H,9H2,1H3. The van der Waals surface area contributed by atoms with E-state index < -0.39 is 0 Å². The minimum atomic E-state index is -0.241. The Balaban J connectivity index is 0.000000191. The van der Waals surface area contributed by atoms with Crippen LogP contribution in [-0.4, -0.2) is 4.98 Å². The molecule has 1 heterocycles. The zero-order chi connectivity index (χ0) is 14.3. The SMILES string of the molecule is CCCc1ccncc1C.Cc1ccc(N)cc1F. The average Bonchev–Trinajstić information content (AvgIpc) is 2.38. The lowest BCUT2D eigenvalue weighted by atomic mass is 10.1. The van der Waals surface area contributed by atoms with Gasteiger partial charge in [-0.25, -0.2) is 4.39 Å². The number of halogens is 1. The van der Waals surface area contributed by atoms with Gasteiger partial charge in [-0.05, 0) is 55.2 Å². The Morgan fingerprint density at radius 1 is 1.16 bits per heavy atom. The van der Waals surface area contributed by atoms with E-state index in [9.17, 15) is 4.39 Å². The Bertz CT molecular complexity index is 524. The summed E-state index contributed by atoms with van der Waals surface area (Å²) in [7, 11) is 0. The van der Waals surface area contributed by atoms with Crippen molar-refractivity contribution < 1.29 is 4.39 Å². The van der Waals surface area contributed by atoms with Crippen LogP contribution in [0.1, 0.15) is 30.0 Å². The van der Waals surface area contributed by atoms with Gasteiger partial charge >= 0.3 is 0 Å². The third kappa shape index (κ3) is 5.08. The molecular formula is C16H21FN2. The number of nitrogens with zero attached hydrogens (tertiary/aromatic N) is 1. The van der Waals surface area contributed by atoms with Crippen LogP contribution in [0.25, 0.3) is 0 Å². The predicted octanol–water partition coefficient (Wildman–Crippen LogP) is 4.06. The van der Waals surface area contributed by atoms with E-state index in [-0.39, 0.29) is 5.82 Å². The lowest BCUT2D eigenvalue weighted by Crippen LogP contribution is -1.88. The first kappa shape index (κ1) is 15.2. The highest BCUT2D eigenvalue weighted by atomic mass is 19.1. The Morgan fingerprint density at radius 2 is 1.89 bits per heavy atom. The van der Waals surface area contributed by atoms with Gasteiger partial charge in [0.1, 0.15) is 5.82 Å². The van der Waals surface area contributed by atoms with Gasteiger partial charge in [-0.3, -0.25) is 4.98 Å². The fraction of sp³-hybridized carbons (Fsp3) is 0.312. The van der Waals surface area contributed by atoms with Gasteiger partial charge in [-0.15, -0.1) is 0 Å². The van der Waals surface area contributed by atoms with Crippen molar-refractivity contribution in [2.45, 2.75) is 33.6 Å². The highest BCUT2D eigenvalue weighted by Crippen LogP contribution is 2.09. The van der Waals surface area contributed by atoms with Crippen LogP contribution in [-0.2, 0) is 6.42 Å². The second-order valence-corrected chi connectivity index (χ2v) is 4.56. The number of nitrogens with two attached hydrogens (primary N) is 1. The van der Waals surface area contributed by atoms with Gasteiger partial charge in [0.15, 0.2) is 0 Å². The lowest BCUT2D eigenvalue weighted by molar-refractivity contribution is 0.619. The maximum atomic E-state index is 12.5. The van der Waals surface area contributed by atoms with Crippen molar-refractivity contribution in [3.05, 3.63) is 59.2 Å². The van der Waals surface area contributed by atoms with Crippen LogP contribution in [0.15, 0.2) is 36.7 Å². The number of anilines is 1. The second kappa shape index (κ2) is 7.52. The Kier molecular flexibility index (Phi) is 6.00. The molecular weight excluding hydrogens is 239 g/mol. The molecule has 19 heavy (non-hydrogen) atoms. The lowest BCUT2D eigenvalue weighted by Gasteiger charge is -2.00. The highest BCUT2D eigenvalue weighted by molar-refractivity contribution is 5.39. The number of rotatable bonds is 2. The van der Waals surface area contributed by atoms with Crippen molar-refractivity contribution in [3.8, 4) is 0 Å². The zero-order valence-electron chi connectivity index (χ0n) is 11.8. The van der Waals surface area contributed by atoms with Gasteiger partial charge < -0.3 is 5.73 Å². The van der Waals surface area contributed by atoms with E-state index in [4.69, 9.17) is 5.73 Å². The van der Waals surface area contributed by atoms with Gasteiger partial charge in [0.2, 0.25) is 0 Å². The molecule has 0 amide bonds. The summed E-state index contributed by atoms with van der Waals surface area (Å²) in [6.07, 6.45) is 6.17. The van der Waals surface area contributed by atoms with Crippen LogP contribution < -0.4 is 5.73 Å². The summed E-state index contributed by atoms with van der Waals surface area (Å²) in [4.78, 5) is 4.03. The molecule has 3 heteroatoms. The maximum Gasteiger partial charge on any atom is 0.128 e. The first-order valence-corrected chi connectivity index (χ1v) is 6.45. The van der Waals surface area contributed by atoms with Crippen LogP contribution in [0, 0.1) is 19.7 Å². The summed E-state index contributed by atoms with van der Waals surface area (Å²) >= 11 is 0. The van der Waals surface area contributed by atoms with Crippen molar-refractivity contribution in [1.82, 2.24) is 4.98 Å². The summed E-state index contributed by atoms with van der Waals surface area (Å²) in [6, 6.07) is 6.75. The minimum Gasteiger partial charge on any atom is -0.399 e. The van der Waals surface area contributed by atoms with E-state index in [1.54, 1.807) is 19.1 Å². The molecule has 0 aliphatic rings. The molecule has 0 spiro atoms. The Labute approximate surface area is 114 Å². The molecule has 0 saturated carbocycles. The number of hydrogen-bond acceptors (Lipinski definition) is 2. The summed E-state index contributed by atoms with van der Waals surface area (Å²) in [5.41, 5.74) is 9.12. The van der Waals surface area contributed by atoms with Gasteiger partial charge in [0.05, 0.1) is 0 Å². The molecule has 2 aromatic rings. The summed E-state index contributed by atoms with van der Waals surface area (Å²) in [6.45, 7) is 6.01. The zero-order valence-corrected chi connectivity index (χ0v) is 11.8. The first-order chi connectivity index (χ1) is 9.04. The number of aromatic nitrogens is 1. The molecule has 0 unspecified atom stereocenters. The largest absolute Gasteiger partial charge is 0.399 e. The second-order valence-electron chi connectivity index (χ2n) is 4.56. The number of pyridine rings is 1. The summed E-state index contributed by atoms with van der Waals surface area (Å²) in [5.74, 6) is -0.241.